The molecule has 0 spiro atoms. The fraction of sp³-hybridized carbons (Fsp3) is 0.538. The van der Waals surface area contributed by atoms with Gasteiger partial charge in [-0.1, -0.05) is 30.7 Å². The zero-order valence-electron chi connectivity index (χ0n) is 9.09. The van der Waals surface area contributed by atoms with E-state index in [9.17, 15) is 0 Å². The fourth-order valence-corrected chi connectivity index (χ4v) is 2.53. The fourth-order valence-electron chi connectivity index (χ4n) is 2.53. The second-order valence-corrected chi connectivity index (χ2v) is 4.56. The Bertz CT molecular complexity index is 330. The van der Waals surface area contributed by atoms with E-state index < -0.39 is 0 Å². The van der Waals surface area contributed by atoms with Gasteiger partial charge in [0.05, 0.1) is 0 Å². The molecule has 0 saturated heterocycles. The lowest BCUT2D eigenvalue weighted by Gasteiger charge is -2.18. The number of aryl methyl sites for hydroxylation is 2. The van der Waals surface area contributed by atoms with Crippen LogP contribution in [0, 0.1) is 12.8 Å². The highest BCUT2D eigenvalue weighted by Crippen LogP contribution is 2.38. The van der Waals surface area contributed by atoms with Crippen molar-refractivity contribution < 1.29 is 0 Å². The summed E-state index contributed by atoms with van der Waals surface area (Å²) in [5, 5.41) is 0. The van der Waals surface area contributed by atoms with Gasteiger partial charge in [-0.25, -0.2) is 0 Å². The third-order valence-corrected chi connectivity index (χ3v) is 3.48. The minimum Gasteiger partial charge on any atom is -0.330 e. The molecular formula is C13H19N. The standard InChI is InChI=1S/C13H19N/c1-9-3-5-13-11(7-9)4-6-12(13)10(2)8-14/h3,5,7,10,12H,4,6,8,14H2,1-2H3. The normalized spacial score (nSPS) is 22.1. The van der Waals surface area contributed by atoms with Crippen molar-refractivity contribution in [1.82, 2.24) is 0 Å². The zero-order valence-corrected chi connectivity index (χ0v) is 9.09. The van der Waals surface area contributed by atoms with Gasteiger partial charge in [0.15, 0.2) is 0 Å². The molecular weight excluding hydrogens is 170 g/mol. The predicted octanol–water partition coefficient (Wildman–Crippen LogP) is 2.62. The maximum absolute atomic E-state index is 5.74. The van der Waals surface area contributed by atoms with Crippen LogP contribution in [0.15, 0.2) is 18.2 Å². The molecule has 1 aromatic carbocycles. The molecule has 0 bridgehead atoms. The highest BCUT2D eigenvalue weighted by molar-refractivity contribution is 5.38. The van der Waals surface area contributed by atoms with Crippen molar-refractivity contribution in [2.75, 3.05) is 6.54 Å². The van der Waals surface area contributed by atoms with Crippen molar-refractivity contribution in [1.29, 1.82) is 0 Å². The second kappa shape index (κ2) is 3.74. The van der Waals surface area contributed by atoms with Gasteiger partial charge in [-0.15, -0.1) is 0 Å². The molecule has 0 aliphatic heterocycles. The van der Waals surface area contributed by atoms with Crippen molar-refractivity contribution in [3.05, 3.63) is 34.9 Å². The molecule has 14 heavy (non-hydrogen) atoms. The summed E-state index contributed by atoms with van der Waals surface area (Å²) in [5.74, 6) is 1.33. The van der Waals surface area contributed by atoms with Crippen LogP contribution < -0.4 is 5.73 Å². The number of hydrogen-bond acceptors (Lipinski definition) is 1. The van der Waals surface area contributed by atoms with Gasteiger partial charge in [-0.3, -0.25) is 0 Å². The molecule has 0 fully saturated rings. The molecule has 0 aromatic heterocycles. The smallest absolute Gasteiger partial charge is 0.00457 e. The van der Waals surface area contributed by atoms with E-state index in [1.54, 1.807) is 11.1 Å². The highest BCUT2D eigenvalue weighted by Gasteiger charge is 2.26. The van der Waals surface area contributed by atoms with E-state index in [2.05, 4.69) is 32.0 Å². The topological polar surface area (TPSA) is 26.0 Å². The van der Waals surface area contributed by atoms with E-state index in [-0.39, 0.29) is 0 Å². The van der Waals surface area contributed by atoms with E-state index in [0.29, 0.717) is 11.8 Å². The van der Waals surface area contributed by atoms with Crippen LogP contribution in [0.5, 0.6) is 0 Å². The van der Waals surface area contributed by atoms with Crippen molar-refractivity contribution in [3.8, 4) is 0 Å². The predicted molar refractivity (Wildman–Crippen MR) is 60.5 cm³/mol. The number of nitrogens with two attached hydrogens (primary N) is 1. The summed E-state index contributed by atoms with van der Waals surface area (Å²) < 4.78 is 0. The van der Waals surface area contributed by atoms with Crippen LogP contribution in [0.4, 0.5) is 0 Å². The van der Waals surface area contributed by atoms with Gasteiger partial charge < -0.3 is 5.73 Å². The largest absolute Gasteiger partial charge is 0.330 e. The molecule has 1 aliphatic carbocycles. The first kappa shape index (κ1) is 9.72. The van der Waals surface area contributed by atoms with Crippen LogP contribution in [0.25, 0.3) is 0 Å². The Morgan fingerprint density at radius 3 is 3.00 bits per heavy atom. The first-order chi connectivity index (χ1) is 6.72. The van der Waals surface area contributed by atoms with Crippen LogP contribution >= 0.6 is 0 Å². The summed E-state index contributed by atoms with van der Waals surface area (Å²) in [6.07, 6.45) is 2.53. The summed E-state index contributed by atoms with van der Waals surface area (Å²) in [5.41, 5.74) is 10.2. The van der Waals surface area contributed by atoms with Crippen LogP contribution in [0.3, 0.4) is 0 Å². The van der Waals surface area contributed by atoms with Crippen LogP contribution in [0.2, 0.25) is 0 Å². The molecule has 0 saturated carbocycles. The Hall–Kier alpha value is -0.820. The molecule has 2 rings (SSSR count). The van der Waals surface area contributed by atoms with Crippen LogP contribution in [-0.2, 0) is 6.42 Å². The second-order valence-electron chi connectivity index (χ2n) is 4.56. The maximum Gasteiger partial charge on any atom is -0.00457 e. The van der Waals surface area contributed by atoms with Gasteiger partial charge in [0, 0.05) is 0 Å². The zero-order chi connectivity index (χ0) is 10.1. The number of benzene rings is 1. The third kappa shape index (κ3) is 1.57. The van der Waals surface area contributed by atoms with E-state index >= 15 is 0 Å². The molecule has 76 valence electrons. The summed E-state index contributed by atoms with van der Waals surface area (Å²) in [6.45, 7) is 5.23. The lowest BCUT2D eigenvalue weighted by atomic mass is 9.88. The summed E-state index contributed by atoms with van der Waals surface area (Å²) >= 11 is 0. The lowest BCUT2D eigenvalue weighted by molar-refractivity contribution is 0.466. The molecule has 0 radical (unpaired) electrons. The SMILES string of the molecule is Cc1ccc2c(c1)CCC2C(C)CN. The number of fused-ring (bicyclic) bond motifs is 1. The summed E-state index contributed by atoms with van der Waals surface area (Å²) in [4.78, 5) is 0. The first-order valence-corrected chi connectivity index (χ1v) is 5.52. The quantitative estimate of drug-likeness (QED) is 0.760. The van der Waals surface area contributed by atoms with Gasteiger partial charge in [0.1, 0.15) is 0 Å². The number of hydrogen-bond donors (Lipinski definition) is 1. The Morgan fingerprint density at radius 2 is 2.29 bits per heavy atom. The van der Waals surface area contributed by atoms with Crippen molar-refractivity contribution >= 4 is 0 Å². The molecule has 1 aliphatic rings. The molecule has 2 unspecified atom stereocenters. The van der Waals surface area contributed by atoms with Crippen LogP contribution in [-0.4, -0.2) is 6.54 Å². The van der Waals surface area contributed by atoms with E-state index in [4.69, 9.17) is 5.73 Å². The molecule has 0 heterocycles. The maximum atomic E-state index is 5.74. The van der Waals surface area contributed by atoms with Gasteiger partial charge in [-0.2, -0.15) is 0 Å². The Morgan fingerprint density at radius 1 is 1.50 bits per heavy atom. The average molecular weight is 189 g/mol. The summed E-state index contributed by atoms with van der Waals surface area (Å²) in [7, 11) is 0. The minimum absolute atomic E-state index is 0.624. The van der Waals surface area contributed by atoms with Crippen molar-refractivity contribution in [2.24, 2.45) is 11.7 Å². The lowest BCUT2D eigenvalue weighted by Crippen LogP contribution is -2.17. The minimum atomic E-state index is 0.624. The number of rotatable bonds is 2. The van der Waals surface area contributed by atoms with Gasteiger partial charge >= 0.3 is 0 Å². The van der Waals surface area contributed by atoms with Crippen molar-refractivity contribution in [2.45, 2.75) is 32.6 Å². The van der Waals surface area contributed by atoms with Gasteiger partial charge in [0.2, 0.25) is 0 Å². The highest BCUT2D eigenvalue weighted by atomic mass is 14.6. The first-order valence-electron chi connectivity index (χ1n) is 5.52. The molecule has 2 N–H and O–H groups in total. The van der Waals surface area contributed by atoms with Crippen LogP contribution in [0.1, 0.15) is 36.0 Å². The van der Waals surface area contributed by atoms with E-state index in [1.807, 2.05) is 0 Å². The average Bonchev–Trinajstić information content (AvgIpc) is 2.59. The third-order valence-electron chi connectivity index (χ3n) is 3.48. The Balaban J connectivity index is 2.31. The summed E-state index contributed by atoms with van der Waals surface area (Å²) in [6, 6.07) is 6.85. The molecule has 2 atom stereocenters. The Labute approximate surface area is 86.3 Å². The molecule has 1 nitrogen and oxygen atoms in total. The van der Waals surface area contributed by atoms with Gasteiger partial charge in [-0.05, 0) is 49.3 Å². The molecule has 0 amide bonds. The molecule has 1 heteroatoms. The van der Waals surface area contributed by atoms with Gasteiger partial charge in [0.25, 0.3) is 0 Å². The van der Waals surface area contributed by atoms with E-state index in [1.165, 1.54) is 18.4 Å². The Kier molecular flexibility index (Phi) is 2.60. The van der Waals surface area contributed by atoms with Crippen molar-refractivity contribution in [3.63, 3.8) is 0 Å². The van der Waals surface area contributed by atoms with E-state index in [0.717, 1.165) is 6.54 Å². The monoisotopic (exact) mass is 189 g/mol. The molecule has 1 aromatic rings.